The number of benzene rings is 1. The second-order valence-electron chi connectivity index (χ2n) is 3.21. The summed E-state index contributed by atoms with van der Waals surface area (Å²) in [5.74, 6) is -0.364. The van der Waals surface area contributed by atoms with E-state index in [0.29, 0.717) is 6.54 Å². The maximum Gasteiger partial charge on any atom is 0.321 e. The van der Waals surface area contributed by atoms with Crippen molar-refractivity contribution in [3.05, 3.63) is 35.4 Å². The van der Waals surface area contributed by atoms with E-state index >= 15 is 0 Å². The van der Waals surface area contributed by atoms with Crippen molar-refractivity contribution in [2.24, 2.45) is 5.73 Å². The van der Waals surface area contributed by atoms with Crippen molar-refractivity contribution in [3.8, 4) is 0 Å². The van der Waals surface area contributed by atoms with Crippen LogP contribution < -0.4 is 16.4 Å². The molecule has 0 atom stereocenters. The Morgan fingerprint density at radius 1 is 1.50 bits per heavy atom. The lowest BCUT2D eigenvalue weighted by Gasteiger charge is -2.06. The summed E-state index contributed by atoms with van der Waals surface area (Å²) >= 11 is 0. The number of rotatable bonds is 2. The first-order valence-corrected chi connectivity index (χ1v) is 4.52. The minimum Gasteiger partial charge on any atom is -0.370 e. The van der Waals surface area contributed by atoms with E-state index in [4.69, 9.17) is 11.1 Å². The number of amides is 2. The Labute approximate surface area is 100 Å². The van der Waals surface area contributed by atoms with Crippen LogP contribution in [0.25, 0.3) is 0 Å². The molecule has 1 aromatic rings. The highest BCUT2D eigenvalue weighted by atomic mass is 35.5. The third kappa shape index (κ3) is 5.21. The lowest BCUT2D eigenvalue weighted by molar-refractivity contribution is 0.245. The molecule has 0 aliphatic rings. The zero-order chi connectivity index (χ0) is 11.3. The van der Waals surface area contributed by atoms with Gasteiger partial charge in [0.2, 0.25) is 0 Å². The number of urea groups is 1. The quantitative estimate of drug-likeness (QED) is 0.462. The first kappa shape index (κ1) is 14.2. The summed E-state index contributed by atoms with van der Waals surface area (Å²) in [6.07, 6.45) is 0. The highest BCUT2D eigenvalue weighted by molar-refractivity contribution is 5.93. The number of carbonyl (C=O) groups excluding carboxylic acids is 1. The van der Waals surface area contributed by atoms with Gasteiger partial charge in [0.15, 0.2) is 5.96 Å². The molecule has 0 aromatic heterocycles. The van der Waals surface area contributed by atoms with Crippen molar-refractivity contribution >= 4 is 24.4 Å². The molecule has 0 bridgehead atoms. The fourth-order valence-electron chi connectivity index (χ4n) is 1.17. The average Bonchev–Trinajstić information content (AvgIpc) is 2.14. The summed E-state index contributed by atoms with van der Waals surface area (Å²) in [5, 5.41) is 11.6. The Kier molecular flexibility index (Phi) is 5.95. The SMILES string of the molecule is Cc1cccc(CNC(=O)NC(=N)N)c1.Cl. The van der Waals surface area contributed by atoms with Gasteiger partial charge >= 0.3 is 6.03 Å². The molecular weight excluding hydrogens is 228 g/mol. The number of hydrogen-bond donors (Lipinski definition) is 4. The van der Waals surface area contributed by atoms with Gasteiger partial charge in [0.05, 0.1) is 0 Å². The zero-order valence-corrected chi connectivity index (χ0v) is 9.73. The fraction of sp³-hybridized carbons (Fsp3) is 0.200. The Morgan fingerprint density at radius 2 is 2.19 bits per heavy atom. The summed E-state index contributed by atoms with van der Waals surface area (Å²) < 4.78 is 0. The van der Waals surface area contributed by atoms with E-state index in [9.17, 15) is 4.79 Å². The lowest BCUT2D eigenvalue weighted by Crippen LogP contribution is -2.42. The molecule has 16 heavy (non-hydrogen) atoms. The van der Waals surface area contributed by atoms with Gasteiger partial charge in [-0.1, -0.05) is 29.8 Å². The van der Waals surface area contributed by atoms with Gasteiger partial charge in [-0.3, -0.25) is 10.7 Å². The molecule has 0 heterocycles. The van der Waals surface area contributed by atoms with Crippen molar-refractivity contribution in [1.82, 2.24) is 10.6 Å². The number of carbonyl (C=O) groups is 1. The Morgan fingerprint density at radius 3 is 2.75 bits per heavy atom. The Balaban J connectivity index is 0.00000225. The molecule has 0 fully saturated rings. The first-order chi connectivity index (χ1) is 7.08. The van der Waals surface area contributed by atoms with E-state index in [-0.39, 0.29) is 18.4 Å². The van der Waals surface area contributed by atoms with Gasteiger partial charge in [-0.05, 0) is 12.5 Å². The number of halogens is 1. The van der Waals surface area contributed by atoms with E-state index in [1.807, 2.05) is 31.2 Å². The lowest BCUT2D eigenvalue weighted by atomic mass is 10.1. The molecule has 6 heteroatoms. The number of hydrogen-bond acceptors (Lipinski definition) is 2. The molecule has 1 aromatic carbocycles. The minimum atomic E-state index is -0.469. The van der Waals surface area contributed by atoms with Crippen LogP contribution in [0.4, 0.5) is 4.79 Å². The van der Waals surface area contributed by atoms with Crippen LogP contribution in [0.15, 0.2) is 24.3 Å². The highest BCUT2D eigenvalue weighted by Gasteiger charge is 2.00. The van der Waals surface area contributed by atoms with Gasteiger partial charge in [-0.2, -0.15) is 0 Å². The molecule has 0 spiro atoms. The standard InChI is InChI=1S/C10H14N4O.ClH/c1-7-3-2-4-8(5-7)6-13-10(15)14-9(11)12;/h2-5H,6H2,1H3,(H5,11,12,13,14,15);1H. The highest BCUT2D eigenvalue weighted by Crippen LogP contribution is 2.02. The van der Waals surface area contributed by atoms with Crippen molar-refractivity contribution in [3.63, 3.8) is 0 Å². The molecule has 5 N–H and O–H groups in total. The van der Waals surface area contributed by atoms with Crippen molar-refractivity contribution < 1.29 is 4.79 Å². The van der Waals surface area contributed by atoms with Crippen LogP contribution in [-0.4, -0.2) is 12.0 Å². The number of nitrogens with two attached hydrogens (primary N) is 1. The molecule has 1 rings (SSSR count). The van der Waals surface area contributed by atoms with Gasteiger partial charge in [-0.25, -0.2) is 4.79 Å². The van der Waals surface area contributed by atoms with Crippen LogP contribution in [0.5, 0.6) is 0 Å². The summed E-state index contributed by atoms with van der Waals surface area (Å²) in [5.41, 5.74) is 7.15. The zero-order valence-electron chi connectivity index (χ0n) is 8.91. The molecule has 0 saturated heterocycles. The monoisotopic (exact) mass is 242 g/mol. The molecule has 88 valence electrons. The maximum atomic E-state index is 11.1. The maximum absolute atomic E-state index is 11.1. The molecular formula is C10H15ClN4O. The van der Waals surface area contributed by atoms with Crippen LogP contribution in [0, 0.1) is 12.3 Å². The molecule has 2 amide bonds. The predicted octanol–water partition coefficient (Wildman–Crippen LogP) is 1.11. The summed E-state index contributed by atoms with van der Waals surface area (Å²) in [6, 6.07) is 7.34. The second kappa shape index (κ2) is 6.68. The minimum absolute atomic E-state index is 0. The largest absolute Gasteiger partial charge is 0.370 e. The average molecular weight is 243 g/mol. The second-order valence-corrected chi connectivity index (χ2v) is 3.21. The van der Waals surface area contributed by atoms with Gasteiger partial charge in [0, 0.05) is 6.54 Å². The predicted molar refractivity (Wildman–Crippen MR) is 65.7 cm³/mol. The molecule has 0 aliphatic heterocycles. The van der Waals surface area contributed by atoms with Crippen molar-refractivity contribution in [1.29, 1.82) is 5.41 Å². The van der Waals surface area contributed by atoms with Gasteiger partial charge in [0.1, 0.15) is 0 Å². The van der Waals surface area contributed by atoms with E-state index in [1.54, 1.807) is 0 Å². The van der Waals surface area contributed by atoms with Crippen molar-refractivity contribution in [2.75, 3.05) is 0 Å². The molecule has 0 radical (unpaired) electrons. The third-order valence-corrected chi connectivity index (χ3v) is 1.78. The van der Waals surface area contributed by atoms with Crippen LogP contribution >= 0.6 is 12.4 Å². The Hall–Kier alpha value is -1.75. The van der Waals surface area contributed by atoms with Crippen LogP contribution in [0.1, 0.15) is 11.1 Å². The van der Waals surface area contributed by atoms with Crippen molar-refractivity contribution in [2.45, 2.75) is 13.5 Å². The number of nitrogens with one attached hydrogen (secondary N) is 3. The van der Waals surface area contributed by atoms with Gasteiger partial charge in [0.25, 0.3) is 0 Å². The normalized spacial score (nSPS) is 8.81. The first-order valence-electron chi connectivity index (χ1n) is 4.52. The van der Waals surface area contributed by atoms with Crippen LogP contribution in [0.3, 0.4) is 0 Å². The molecule has 0 aliphatic carbocycles. The summed E-state index contributed by atoms with van der Waals surface area (Å²) in [6.45, 7) is 2.40. The van der Waals surface area contributed by atoms with Gasteiger partial charge in [-0.15, -0.1) is 12.4 Å². The number of guanidine groups is 1. The van der Waals surface area contributed by atoms with Crippen LogP contribution in [0.2, 0.25) is 0 Å². The van der Waals surface area contributed by atoms with Gasteiger partial charge < -0.3 is 11.1 Å². The molecule has 0 saturated carbocycles. The smallest absolute Gasteiger partial charge is 0.321 e. The Bertz CT molecular complexity index is 381. The van der Waals surface area contributed by atoms with E-state index < -0.39 is 6.03 Å². The van der Waals surface area contributed by atoms with E-state index in [2.05, 4.69) is 10.6 Å². The summed E-state index contributed by atoms with van der Waals surface area (Å²) in [7, 11) is 0. The molecule has 0 unspecified atom stereocenters. The van der Waals surface area contributed by atoms with E-state index in [0.717, 1.165) is 11.1 Å². The van der Waals surface area contributed by atoms with Crippen LogP contribution in [-0.2, 0) is 6.54 Å². The fourth-order valence-corrected chi connectivity index (χ4v) is 1.17. The topological polar surface area (TPSA) is 91.0 Å². The third-order valence-electron chi connectivity index (χ3n) is 1.78. The molecule has 5 nitrogen and oxygen atoms in total. The number of aryl methyl sites for hydroxylation is 1. The van der Waals surface area contributed by atoms with E-state index in [1.165, 1.54) is 0 Å². The summed E-state index contributed by atoms with van der Waals surface area (Å²) in [4.78, 5) is 11.1.